The minimum atomic E-state index is 0.00995. The molecule has 0 saturated carbocycles. The third-order valence-electron chi connectivity index (χ3n) is 2.10. The van der Waals surface area contributed by atoms with E-state index in [1.165, 1.54) is 0 Å². The highest BCUT2D eigenvalue weighted by atomic mass is 127. The van der Waals surface area contributed by atoms with Gasteiger partial charge in [-0.15, -0.1) is 0 Å². The van der Waals surface area contributed by atoms with Crippen LogP contribution < -0.4 is 5.32 Å². The molecular formula is C11H14INO. The molecular weight excluding hydrogens is 289 g/mol. The zero-order valence-electron chi connectivity index (χ0n) is 8.38. The summed E-state index contributed by atoms with van der Waals surface area (Å²) in [6.45, 7) is 4.06. The van der Waals surface area contributed by atoms with Crippen molar-refractivity contribution in [2.75, 3.05) is 0 Å². The molecule has 0 bridgehead atoms. The van der Waals surface area contributed by atoms with Gasteiger partial charge in [0.1, 0.15) is 0 Å². The molecule has 1 amide bonds. The lowest BCUT2D eigenvalue weighted by Crippen LogP contribution is -2.31. The Labute approximate surface area is 98.2 Å². The average Bonchev–Trinajstić information content (AvgIpc) is 2.18. The summed E-state index contributed by atoms with van der Waals surface area (Å²) in [5.74, 6) is 0.00995. The van der Waals surface area contributed by atoms with Gasteiger partial charge in [0.15, 0.2) is 0 Å². The zero-order chi connectivity index (χ0) is 10.6. The quantitative estimate of drug-likeness (QED) is 0.855. The Bertz CT molecular complexity index is 308. The lowest BCUT2D eigenvalue weighted by atomic mass is 10.2. The summed E-state index contributed by atoms with van der Waals surface area (Å²) >= 11 is 2.22. The van der Waals surface area contributed by atoms with E-state index in [0.29, 0.717) is 0 Å². The number of hydrogen-bond acceptors (Lipinski definition) is 1. The van der Waals surface area contributed by atoms with Crippen LogP contribution in [0.25, 0.3) is 0 Å². The Morgan fingerprint density at radius 1 is 1.43 bits per heavy atom. The van der Waals surface area contributed by atoms with Crippen molar-refractivity contribution in [3.8, 4) is 0 Å². The summed E-state index contributed by atoms with van der Waals surface area (Å²) in [4.78, 5) is 11.6. The first-order valence-electron chi connectivity index (χ1n) is 4.70. The Kier molecular flexibility index (Phi) is 4.38. The molecule has 0 radical (unpaired) electrons. The van der Waals surface area contributed by atoms with Crippen LogP contribution in [-0.4, -0.2) is 11.9 Å². The summed E-state index contributed by atoms with van der Waals surface area (Å²) in [5, 5.41) is 2.92. The molecule has 1 N–H and O–H groups in total. The van der Waals surface area contributed by atoms with Crippen LogP contribution in [0.4, 0.5) is 0 Å². The molecule has 3 heteroatoms. The maximum Gasteiger partial charge on any atom is 0.251 e. The van der Waals surface area contributed by atoms with Gasteiger partial charge in [-0.3, -0.25) is 4.79 Å². The van der Waals surface area contributed by atoms with Crippen LogP contribution in [0.15, 0.2) is 24.3 Å². The molecule has 0 aliphatic rings. The van der Waals surface area contributed by atoms with Crippen LogP contribution in [0.3, 0.4) is 0 Å². The van der Waals surface area contributed by atoms with E-state index in [1.807, 2.05) is 31.2 Å². The second-order valence-corrected chi connectivity index (χ2v) is 4.54. The minimum absolute atomic E-state index is 0.00995. The molecule has 1 aromatic carbocycles. The van der Waals surface area contributed by atoms with Crippen molar-refractivity contribution in [1.82, 2.24) is 5.32 Å². The molecule has 0 aliphatic heterocycles. The molecule has 0 aliphatic carbocycles. The molecule has 0 unspecified atom stereocenters. The van der Waals surface area contributed by atoms with E-state index in [1.54, 1.807) is 0 Å². The van der Waals surface area contributed by atoms with Gasteiger partial charge in [0.05, 0.1) is 0 Å². The van der Waals surface area contributed by atoms with Crippen LogP contribution in [0.2, 0.25) is 0 Å². The highest BCUT2D eigenvalue weighted by Crippen LogP contribution is 2.06. The first kappa shape index (κ1) is 11.5. The third-order valence-corrected chi connectivity index (χ3v) is 2.82. The molecule has 1 aromatic rings. The monoisotopic (exact) mass is 303 g/mol. The van der Waals surface area contributed by atoms with E-state index < -0.39 is 0 Å². The molecule has 0 fully saturated rings. The van der Waals surface area contributed by atoms with E-state index in [4.69, 9.17) is 0 Å². The van der Waals surface area contributed by atoms with Crippen molar-refractivity contribution in [2.24, 2.45) is 0 Å². The Morgan fingerprint density at radius 3 is 2.50 bits per heavy atom. The molecule has 2 nitrogen and oxygen atoms in total. The molecule has 76 valence electrons. The molecule has 1 rings (SSSR count). The van der Waals surface area contributed by atoms with E-state index in [2.05, 4.69) is 34.8 Å². The second-order valence-electron chi connectivity index (χ2n) is 3.29. The third kappa shape index (κ3) is 3.29. The van der Waals surface area contributed by atoms with Gasteiger partial charge in [-0.25, -0.2) is 0 Å². The zero-order valence-corrected chi connectivity index (χ0v) is 10.5. The molecule has 0 heterocycles. The van der Waals surface area contributed by atoms with Gasteiger partial charge < -0.3 is 5.32 Å². The van der Waals surface area contributed by atoms with Gasteiger partial charge in [0, 0.05) is 15.2 Å². The van der Waals surface area contributed by atoms with Crippen LogP contribution in [0.1, 0.15) is 30.6 Å². The number of amides is 1. The Hall–Kier alpha value is -0.580. The van der Waals surface area contributed by atoms with E-state index in [-0.39, 0.29) is 11.9 Å². The molecule has 0 spiro atoms. The van der Waals surface area contributed by atoms with Crippen LogP contribution >= 0.6 is 22.6 Å². The number of nitrogens with one attached hydrogen (secondary N) is 1. The van der Waals surface area contributed by atoms with Gasteiger partial charge in [0.2, 0.25) is 0 Å². The van der Waals surface area contributed by atoms with Crippen molar-refractivity contribution < 1.29 is 4.79 Å². The van der Waals surface area contributed by atoms with E-state index >= 15 is 0 Å². The summed E-state index contributed by atoms with van der Waals surface area (Å²) in [6.07, 6.45) is 0.954. The summed E-state index contributed by atoms with van der Waals surface area (Å²) < 4.78 is 1.14. The number of halogens is 1. The van der Waals surface area contributed by atoms with Gasteiger partial charge in [-0.1, -0.05) is 6.92 Å². The predicted octanol–water partition coefficient (Wildman–Crippen LogP) is 2.82. The normalized spacial score (nSPS) is 12.2. The average molecular weight is 303 g/mol. The number of carbonyl (C=O) groups is 1. The smallest absolute Gasteiger partial charge is 0.251 e. The maximum atomic E-state index is 11.6. The SMILES string of the molecule is CC[C@@H](C)NC(=O)c1ccc(I)cc1. The first-order chi connectivity index (χ1) is 6.63. The summed E-state index contributed by atoms with van der Waals surface area (Å²) in [6, 6.07) is 7.80. The van der Waals surface area contributed by atoms with Gasteiger partial charge in [-0.05, 0) is 60.2 Å². The summed E-state index contributed by atoms with van der Waals surface area (Å²) in [5.41, 5.74) is 0.728. The van der Waals surface area contributed by atoms with Gasteiger partial charge >= 0.3 is 0 Å². The van der Waals surface area contributed by atoms with E-state index in [0.717, 1.165) is 15.6 Å². The van der Waals surface area contributed by atoms with Crippen molar-refractivity contribution in [2.45, 2.75) is 26.3 Å². The topological polar surface area (TPSA) is 29.1 Å². The minimum Gasteiger partial charge on any atom is -0.350 e. The maximum absolute atomic E-state index is 11.6. The van der Waals surface area contributed by atoms with E-state index in [9.17, 15) is 4.79 Å². The van der Waals surface area contributed by atoms with Crippen molar-refractivity contribution in [3.63, 3.8) is 0 Å². The van der Waals surface area contributed by atoms with Gasteiger partial charge in [-0.2, -0.15) is 0 Å². The lowest BCUT2D eigenvalue weighted by molar-refractivity contribution is 0.0939. The number of rotatable bonds is 3. The molecule has 0 saturated heterocycles. The predicted molar refractivity (Wildman–Crippen MR) is 66.4 cm³/mol. The van der Waals surface area contributed by atoms with Crippen molar-refractivity contribution >= 4 is 28.5 Å². The highest BCUT2D eigenvalue weighted by Gasteiger charge is 2.07. The number of hydrogen-bond donors (Lipinski definition) is 1. The molecule has 14 heavy (non-hydrogen) atoms. The van der Waals surface area contributed by atoms with Crippen molar-refractivity contribution in [1.29, 1.82) is 0 Å². The molecule has 0 aromatic heterocycles. The fourth-order valence-electron chi connectivity index (χ4n) is 1.01. The van der Waals surface area contributed by atoms with Crippen molar-refractivity contribution in [3.05, 3.63) is 33.4 Å². The largest absolute Gasteiger partial charge is 0.350 e. The summed E-state index contributed by atoms with van der Waals surface area (Å²) in [7, 11) is 0. The Morgan fingerprint density at radius 2 is 2.00 bits per heavy atom. The number of carbonyl (C=O) groups excluding carboxylic acids is 1. The fourth-order valence-corrected chi connectivity index (χ4v) is 1.37. The van der Waals surface area contributed by atoms with Crippen LogP contribution in [0, 0.1) is 3.57 Å². The lowest BCUT2D eigenvalue weighted by Gasteiger charge is -2.10. The fraction of sp³-hybridized carbons (Fsp3) is 0.364. The standard InChI is InChI=1S/C11H14INO/c1-3-8(2)13-11(14)9-4-6-10(12)7-5-9/h4-8H,3H2,1-2H3,(H,13,14)/t8-/m1/s1. The second kappa shape index (κ2) is 5.34. The van der Waals surface area contributed by atoms with Gasteiger partial charge in [0.25, 0.3) is 5.91 Å². The highest BCUT2D eigenvalue weighted by molar-refractivity contribution is 14.1. The molecule has 1 atom stereocenters. The number of benzene rings is 1. The van der Waals surface area contributed by atoms with Crippen LogP contribution in [-0.2, 0) is 0 Å². The van der Waals surface area contributed by atoms with Crippen LogP contribution in [0.5, 0.6) is 0 Å². The first-order valence-corrected chi connectivity index (χ1v) is 5.77. The Balaban J connectivity index is 2.65.